The number of nitrogens with zero attached hydrogens (tertiary/aromatic N) is 1. The Kier molecular flexibility index (Phi) is 3.39. The summed E-state index contributed by atoms with van der Waals surface area (Å²) in [5, 5.41) is 2.24. The van der Waals surface area contributed by atoms with Gasteiger partial charge in [-0.3, -0.25) is 4.31 Å². The van der Waals surface area contributed by atoms with Crippen LogP contribution in [0.1, 0.15) is 16.7 Å². The third kappa shape index (κ3) is 2.38. The van der Waals surface area contributed by atoms with Crippen LogP contribution in [0, 0.1) is 13.8 Å². The predicted molar refractivity (Wildman–Crippen MR) is 98.1 cm³/mol. The predicted octanol–water partition coefficient (Wildman–Crippen LogP) is 4.21. The second kappa shape index (κ2) is 5.35. The maximum atomic E-state index is 13.0. The van der Waals surface area contributed by atoms with Crippen LogP contribution in [0.3, 0.4) is 0 Å². The third-order valence-electron chi connectivity index (χ3n) is 4.66. The van der Waals surface area contributed by atoms with E-state index in [-0.39, 0.29) is 0 Å². The molecule has 1 heterocycles. The van der Waals surface area contributed by atoms with Gasteiger partial charge in [0.1, 0.15) is 0 Å². The van der Waals surface area contributed by atoms with Crippen molar-refractivity contribution < 1.29 is 8.42 Å². The molecule has 0 fully saturated rings. The Bertz CT molecular complexity index is 1040. The van der Waals surface area contributed by atoms with E-state index in [1.165, 1.54) is 10.9 Å². The van der Waals surface area contributed by atoms with Gasteiger partial charge in [0.05, 0.1) is 10.6 Å². The van der Waals surface area contributed by atoms with Gasteiger partial charge in [-0.15, -0.1) is 0 Å². The van der Waals surface area contributed by atoms with Crippen molar-refractivity contribution in [2.24, 2.45) is 0 Å². The highest BCUT2D eigenvalue weighted by Gasteiger charge is 2.31. The summed E-state index contributed by atoms with van der Waals surface area (Å²) in [7, 11) is -3.51. The summed E-state index contributed by atoms with van der Waals surface area (Å²) in [6.07, 6.45) is 0.754. The van der Waals surface area contributed by atoms with Crippen molar-refractivity contribution in [3.63, 3.8) is 0 Å². The van der Waals surface area contributed by atoms with Crippen LogP contribution in [0.5, 0.6) is 0 Å². The van der Waals surface area contributed by atoms with Crippen molar-refractivity contribution in [2.75, 3.05) is 10.8 Å². The molecule has 0 aromatic heterocycles. The standard InChI is InChI=1S/C20H19NO2S/c1-14-4-7-19(8-5-14)24(22,23)21-10-9-17-12-18-11-15(2)3-6-16(18)13-20(17)21/h3-8,11-13H,9-10H2,1-2H3. The third-order valence-corrected chi connectivity index (χ3v) is 6.48. The molecule has 4 heteroatoms. The van der Waals surface area contributed by atoms with Gasteiger partial charge >= 0.3 is 0 Å². The van der Waals surface area contributed by atoms with E-state index in [1.54, 1.807) is 16.4 Å². The van der Waals surface area contributed by atoms with Gasteiger partial charge in [-0.2, -0.15) is 0 Å². The molecule has 3 aromatic carbocycles. The molecule has 3 nitrogen and oxygen atoms in total. The van der Waals surface area contributed by atoms with Crippen molar-refractivity contribution in [3.05, 3.63) is 71.3 Å². The van der Waals surface area contributed by atoms with Gasteiger partial charge in [0.15, 0.2) is 0 Å². The molecule has 0 saturated heterocycles. The fourth-order valence-corrected chi connectivity index (χ4v) is 4.81. The normalized spacial score (nSPS) is 14.2. The first-order valence-electron chi connectivity index (χ1n) is 8.08. The van der Waals surface area contributed by atoms with Crippen LogP contribution in [0.2, 0.25) is 0 Å². The zero-order valence-corrected chi connectivity index (χ0v) is 14.6. The molecule has 0 bridgehead atoms. The number of anilines is 1. The lowest BCUT2D eigenvalue weighted by Gasteiger charge is -2.20. The molecular weight excluding hydrogens is 318 g/mol. The van der Waals surface area contributed by atoms with Crippen molar-refractivity contribution in [2.45, 2.75) is 25.2 Å². The van der Waals surface area contributed by atoms with Crippen molar-refractivity contribution >= 4 is 26.5 Å². The monoisotopic (exact) mass is 337 g/mol. The lowest BCUT2D eigenvalue weighted by Crippen LogP contribution is -2.29. The Balaban J connectivity index is 1.83. The van der Waals surface area contributed by atoms with E-state index in [9.17, 15) is 8.42 Å². The largest absolute Gasteiger partial charge is 0.266 e. The summed E-state index contributed by atoms with van der Waals surface area (Å²) >= 11 is 0. The molecular formula is C20H19NO2S. The van der Waals surface area contributed by atoms with Crippen LogP contribution in [0.25, 0.3) is 10.8 Å². The summed E-state index contributed by atoms with van der Waals surface area (Å²) in [5.41, 5.74) is 4.18. The van der Waals surface area contributed by atoms with E-state index >= 15 is 0 Å². The number of aryl methyl sites for hydroxylation is 2. The molecule has 0 spiro atoms. The minimum Gasteiger partial charge on any atom is -0.266 e. The van der Waals surface area contributed by atoms with Crippen molar-refractivity contribution in [1.82, 2.24) is 0 Å². The molecule has 1 aliphatic heterocycles. The van der Waals surface area contributed by atoms with E-state index in [0.717, 1.165) is 28.6 Å². The van der Waals surface area contributed by atoms with Gasteiger partial charge < -0.3 is 0 Å². The summed E-state index contributed by atoms with van der Waals surface area (Å²) in [4.78, 5) is 0.352. The fourth-order valence-electron chi connectivity index (χ4n) is 3.31. The SMILES string of the molecule is Cc1ccc(S(=O)(=O)N2CCc3cc4cc(C)ccc4cc32)cc1. The Morgan fingerprint density at radius 1 is 0.833 bits per heavy atom. The van der Waals surface area contributed by atoms with Crippen LogP contribution >= 0.6 is 0 Å². The van der Waals surface area contributed by atoms with Gasteiger partial charge in [-0.25, -0.2) is 8.42 Å². The average Bonchev–Trinajstić information content (AvgIpc) is 2.96. The van der Waals surface area contributed by atoms with Crippen LogP contribution in [0.15, 0.2) is 59.5 Å². The first kappa shape index (κ1) is 15.2. The second-order valence-corrected chi connectivity index (χ2v) is 8.33. The van der Waals surface area contributed by atoms with Gasteiger partial charge in [0.2, 0.25) is 0 Å². The minimum absolute atomic E-state index is 0.352. The molecule has 0 unspecified atom stereocenters. The van der Waals surface area contributed by atoms with E-state index in [0.29, 0.717) is 11.4 Å². The molecule has 0 radical (unpaired) electrons. The first-order chi connectivity index (χ1) is 11.4. The summed E-state index contributed by atoms with van der Waals surface area (Å²) in [5.74, 6) is 0. The highest BCUT2D eigenvalue weighted by Crippen LogP contribution is 2.36. The molecule has 122 valence electrons. The van der Waals surface area contributed by atoms with Crippen molar-refractivity contribution in [1.29, 1.82) is 0 Å². The van der Waals surface area contributed by atoms with Crippen LogP contribution in [-0.4, -0.2) is 15.0 Å². The molecule has 0 saturated carbocycles. The quantitative estimate of drug-likeness (QED) is 0.702. The highest BCUT2D eigenvalue weighted by molar-refractivity contribution is 7.92. The zero-order chi connectivity index (χ0) is 16.9. The van der Waals surface area contributed by atoms with E-state index in [1.807, 2.05) is 25.1 Å². The highest BCUT2D eigenvalue weighted by atomic mass is 32.2. The van der Waals surface area contributed by atoms with Gasteiger partial charge in [0, 0.05) is 6.54 Å². The molecule has 0 amide bonds. The van der Waals surface area contributed by atoms with E-state index in [2.05, 4.69) is 31.2 Å². The number of fused-ring (bicyclic) bond motifs is 2. The Morgan fingerprint density at radius 3 is 2.29 bits per heavy atom. The lowest BCUT2D eigenvalue weighted by atomic mass is 10.0. The molecule has 0 N–H and O–H groups in total. The number of rotatable bonds is 2. The smallest absolute Gasteiger partial charge is 0.264 e. The molecule has 0 atom stereocenters. The Hall–Kier alpha value is -2.33. The summed E-state index contributed by atoms with van der Waals surface area (Å²) in [6.45, 7) is 4.53. The maximum absolute atomic E-state index is 13.0. The van der Waals surface area contributed by atoms with Gasteiger partial charge in [0.25, 0.3) is 10.0 Å². The lowest BCUT2D eigenvalue weighted by molar-refractivity contribution is 0.592. The molecule has 3 aromatic rings. The second-order valence-electron chi connectivity index (χ2n) is 6.47. The molecule has 4 rings (SSSR count). The Labute approximate surface area is 142 Å². The number of sulfonamides is 1. The molecule has 1 aliphatic rings. The minimum atomic E-state index is -3.51. The topological polar surface area (TPSA) is 37.4 Å². The van der Waals surface area contributed by atoms with Crippen molar-refractivity contribution in [3.8, 4) is 0 Å². The number of benzene rings is 3. The fraction of sp³-hybridized carbons (Fsp3) is 0.200. The summed E-state index contributed by atoms with van der Waals surface area (Å²) < 4.78 is 27.6. The molecule has 0 aliphatic carbocycles. The van der Waals surface area contributed by atoms with Gasteiger partial charge in [-0.05, 0) is 60.9 Å². The van der Waals surface area contributed by atoms with Crippen LogP contribution in [0.4, 0.5) is 5.69 Å². The van der Waals surface area contributed by atoms with Gasteiger partial charge in [-0.1, -0.05) is 41.5 Å². The number of hydrogen-bond acceptors (Lipinski definition) is 2. The van der Waals surface area contributed by atoms with Crippen LogP contribution < -0.4 is 4.31 Å². The first-order valence-corrected chi connectivity index (χ1v) is 9.52. The molecule has 24 heavy (non-hydrogen) atoms. The van der Waals surface area contributed by atoms with Crippen LogP contribution in [-0.2, 0) is 16.4 Å². The average molecular weight is 337 g/mol. The Morgan fingerprint density at radius 2 is 1.54 bits per heavy atom. The number of hydrogen-bond donors (Lipinski definition) is 0. The maximum Gasteiger partial charge on any atom is 0.264 e. The zero-order valence-electron chi connectivity index (χ0n) is 13.8. The summed E-state index contributed by atoms with van der Waals surface area (Å²) in [6, 6.07) is 17.4. The van der Waals surface area contributed by atoms with E-state index < -0.39 is 10.0 Å². The van der Waals surface area contributed by atoms with E-state index in [4.69, 9.17) is 0 Å².